The number of Topliss-reactive ketones (excluding diaryl/α,β-unsaturated/α-hetero) is 1. The molecule has 1 heterocycles. The highest BCUT2D eigenvalue weighted by Crippen LogP contribution is 2.26. The minimum absolute atomic E-state index is 0.0560. The second-order valence-corrected chi connectivity index (χ2v) is 6.83. The zero-order valence-electron chi connectivity index (χ0n) is 15.2. The number of hydrogen-bond donors (Lipinski definition) is 1. The molecule has 0 bridgehead atoms. The summed E-state index contributed by atoms with van der Waals surface area (Å²) in [6, 6.07) is 16.7. The van der Waals surface area contributed by atoms with Crippen LogP contribution in [0, 0.1) is 0 Å². The minimum Gasteiger partial charge on any atom is -0.326 e. The van der Waals surface area contributed by atoms with Crippen molar-refractivity contribution in [2.24, 2.45) is 0 Å². The van der Waals surface area contributed by atoms with Crippen LogP contribution in [0.5, 0.6) is 0 Å². The lowest BCUT2D eigenvalue weighted by atomic mass is 10.2. The second kappa shape index (κ2) is 8.64. The maximum absolute atomic E-state index is 12.3. The van der Waals surface area contributed by atoms with Crippen LogP contribution in [-0.4, -0.2) is 32.2 Å². The van der Waals surface area contributed by atoms with E-state index in [0.717, 1.165) is 5.56 Å². The van der Waals surface area contributed by atoms with Crippen molar-refractivity contribution >= 4 is 29.1 Å². The number of nitrogens with zero attached hydrogens (tertiary/aromatic N) is 3. The van der Waals surface area contributed by atoms with Crippen molar-refractivity contribution in [1.29, 1.82) is 0 Å². The van der Waals surface area contributed by atoms with E-state index < -0.39 is 0 Å². The fourth-order valence-electron chi connectivity index (χ4n) is 2.67. The highest BCUT2D eigenvalue weighted by Gasteiger charge is 2.15. The molecule has 138 valence electrons. The first-order valence-corrected chi connectivity index (χ1v) is 9.59. The highest BCUT2D eigenvalue weighted by atomic mass is 32.2. The molecular formula is C20H20N4O2S. The summed E-state index contributed by atoms with van der Waals surface area (Å²) in [5.41, 5.74) is 2.26. The number of benzene rings is 2. The molecule has 3 rings (SSSR count). The molecule has 1 aromatic heterocycles. The van der Waals surface area contributed by atoms with Gasteiger partial charge in [-0.1, -0.05) is 54.2 Å². The number of hydrogen-bond acceptors (Lipinski definition) is 5. The highest BCUT2D eigenvalue weighted by molar-refractivity contribution is 7.99. The summed E-state index contributed by atoms with van der Waals surface area (Å²) in [6.45, 7) is 4.15. The van der Waals surface area contributed by atoms with E-state index in [1.165, 1.54) is 18.7 Å². The number of rotatable bonds is 7. The molecule has 0 spiro atoms. The predicted molar refractivity (Wildman–Crippen MR) is 107 cm³/mol. The van der Waals surface area contributed by atoms with Crippen molar-refractivity contribution in [3.8, 4) is 11.4 Å². The van der Waals surface area contributed by atoms with Gasteiger partial charge < -0.3 is 9.88 Å². The van der Waals surface area contributed by atoms with E-state index in [0.29, 0.717) is 34.5 Å². The Morgan fingerprint density at radius 3 is 2.56 bits per heavy atom. The second-order valence-electron chi connectivity index (χ2n) is 5.89. The molecular weight excluding hydrogens is 360 g/mol. The molecule has 0 saturated carbocycles. The van der Waals surface area contributed by atoms with Crippen molar-refractivity contribution in [1.82, 2.24) is 14.8 Å². The van der Waals surface area contributed by atoms with Gasteiger partial charge in [0.05, 0.1) is 5.75 Å². The van der Waals surface area contributed by atoms with Gasteiger partial charge in [-0.3, -0.25) is 9.59 Å². The van der Waals surface area contributed by atoms with Gasteiger partial charge in [-0.2, -0.15) is 0 Å². The van der Waals surface area contributed by atoms with Gasteiger partial charge in [0.25, 0.3) is 0 Å². The number of ketones is 1. The van der Waals surface area contributed by atoms with Crippen LogP contribution in [0.2, 0.25) is 0 Å². The average Bonchev–Trinajstić information content (AvgIpc) is 3.09. The maximum atomic E-state index is 12.3. The lowest BCUT2D eigenvalue weighted by Crippen LogP contribution is -2.06. The van der Waals surface area contributed by atoms with Crippen molar-refractivity contribution in [2.45, 2.75) is 25.5 Å². The van der Waals surface area contributed by atoms with Gasteiger partial charge in [-0.05, 0) is 19.1 Å². The van der Waals surface area contributed by atoms with Crippen LogP contribution in [0.15, 0.2) is 59.8 Å². The van der Waals surface area contributed by atoms with E-state index in [9.17, 15) is 9.59 Å². The number of anilines is 1. The first-order valence-electron chi connectivity index (χ1n) is 8.60. The molecule has 0 aliphatic heterocycles. The Hall–Kier alpha value is -2.93. The fraction of sp³-hybridized carbons (Fsp3) is 0.200. The molecule has 1 amide bonds. The summed E-state index contributed by atoms with van der Waals surface area (Å²) in [4.78, 5) is 23.6. The quantitative estimate of drug-likeness (QED) is 0.497. The lowest BCUT2D eigenvalue weighted by Gasteiger charge is -2.09. The number of aromatic nitrogens is 3. The van der Waals surface area contributed by atoms with Crippen LogP contribution in [0.25, 0.3) is 11.4 Å². The SMILES string of the molecule is CCn1c(SCC(=O)c2ccccc2)nnc1-c1cccc(NC(C)=O)c1. The molecule has 0 atom stereocenters. The lowest BCUT2D eigenvalue weighted by molar-refractivity contribution is -0.114. The zero-order chi connectivity index (χ0) is 19.2. The Kier molecular flexibility index (Phi) is 6.03. The van der Waals surface area contributed by atoms with E-state index in [-0.39, 0.29) is 11.7 Å². The van der Waals surface area contributed by atoms with Crippen molar-refractivity contribution < 1.29 is 9.59 Å². The summed E-state index contributed by atoms with van der Waals surface area (Å²) in [6.07, 6.45) is 0. The minimum atomic E-state index is -0.125. The normalized spacial score (nSPS) is 10.6. The predicted octanol–water partition coefficient (Wildman–Crippen LogP) is 3.90. The van der Waals surface area contributed by atoms with Crippen molar-refractivity contribution in [3.05, 3.63) is 60.2 Å². The maximum Gasteiger partial charge on any atom is 0.221 e. The number of amides is 1. The largest absolute Gasteiger partial charge is 0.326 e. The molecule has 0 radical (unpaired) electrons. The third-order valence-electron chi connectivity index (χ3n) is 3.90. The van der Waals surface area contributed by atoms with Crippen LogP contribution >= 0.6 is 11.8 Å². The Morgan fingerprint density at radius 2 is 1.85 bits per heavy atom. The van der Waals surface area contributed by atoms with Crippen molar-refractivity contribution in [3.63, 3.8) is 0 Å². The first kappa shape index (κ1) is 18.8. The van der Waals surface area contributed by atoms with Gasteiger partial charge in [-0.15, -0.1) is 10.2 Å². The topological polar surface area (TPSA) is 76.9 Å². The fourth-order valence-corrected chi connectivity index (χ4v) is 3.57. The van der Waals surface area contributed by atoms with Gasteiger partial charge in [0.2, 0.25) is 5.91 Å². The zero-order valence-corrected chi connectivity index (χ0v) is 16.0. The van der Waals surface area contributed by atoms with Crippen LogP contribution < -0.4 is 5.32 Å². The molecule has 7 heteroatoms. The van der Waals surface area contributed by atoms with Crippen LogP contribution in [0.4, 0.5) is 5.69 Å². The number of thioether (sulfide) groups is 1. The van der Waals surface area contributed by atoms with Gasteiger partial charge in [0.1, 0.15) is 0 Å². The van der Waals surface area contributed by atoms with Crippen LogP contribution in [0.1, 0.15) is 24.2 Å². The number of nitrogens with one attached hydrogen (secondary N) is 1. The van der Waals surface area contributed by atoms with Gasteiger partial charge in [0.15, 0.2) is 16.8 Å². The summed E-state index contributed by atoms with van der Waals surface area (Å²) in [5, 5.41) is 12.0. The number of carbonyl (C=O) groups is 2. The Morgan fingerprint density at radius 1 is 1.07 bits per heavy atom. The first-order chi connectivity index (χ1) is 13.1. The third kappa shape index (κ3) is 4.62. The summed E-state index contributed by atoms with van der Waals surface area (Å²) in [5.74, 6) is 0.938. The standard InChI is InChI=1S/C20H20N4O2S/c1-3-24-19(16-10-7-11-17(12-16)21-14(2)25)22-23-20(24)27-13-18(26)15-8-5-4-6-9-15/h4-12H,3,13H2,1-2H3,(H,21,25). The summed E-state index contributed by atoms with van der Waals surface area (Å²) in [7, 11) is 0. The molecule has 0 aliphatic rings. The summed E-state index contributed by atoms with van der Waals surface area (Å²) < 4.78 is 1.97. The number of carbonyl (C=O) groups excluding carboxylic acids is 2. The van der Waals surface area contributed by atoms with E-state index in [4.69, 9.17) is 0 Å². The molecule has 0 unspecified atom stereocenters. The van der Waals surface area contributed by atoms with E-state index in [2.05, 4.69) is 15.5 Å². The van der Waals surface area contributed by atoms with Crippen LogP contribution in [0.3, 0.4) is 0 Å². The third-order valence-corrected chi connectivity index (χ3v) is 4.87. The molecule has 0 saturated heterocycles. The Labute approximate surface area is 162 Å². The molecule has 6 nitrogen and oxygen atoms in total. The molecule has 27 heavy (non-hydrogen) atoms. The summed E-state index contributed by atoms with van der Waals surface area (Å²) >= 11 is 1.37. The average molecular weight is 380 g/mol. The van der Waals surface area contributed by atoms with E-state index >= 15 is 0 Å². The van der Waals surface area contributed by atoms with E-state index in [1.807, 2.05) is 66.1 Å². The van der Waals surface area contributed by atoms with Crippen molar-refractivity contribution in [2.75, 3.05) is 11.1 Å². The molecule has 3 aromatic rings. The van der Waals surface area contributed by atoms with Gasteiger partial charge in [0, 0.05) is 30.3 Å². The van der Waals surface area contributed by atoms with E-state index in [1.54, 1.807) is 0 Å². The molecule has 0 aliphatic carbocycles. The Balaban J connectivity index is 1.79. The van der Waals surface area contributed by atoms with Gasteiger partial charge in [-0.25, -0.2) is 0 Å². The molecule has 1 N–H and O–H groups in total. The molecule has 2 aromatic carbocycles. The smallest absolute Gasteiger partial charge is 0.221 e. The van der Waals surface area contributed by atoms with Gasteiger partial charge >= 0.3 is 0 Å². The molecule has 0 fully saturated rings. The van der Waals surface area contributed by atoms with Crippen LogP contribution in [-0.2, 0) is 11.3 Å². The Bertz CT molecular complexity index is 954. The monoisotopic (exact) mass is 380 g/mol.